The van der Waals surface area contributed by atoms with Crippen molar-refractivity contribution in [1.29, 1.82) is 0 Å². The molecule has 0 aliphatic carbocycles. The molecule has 82 valence electrons. The molecule has 0 saturated carbocycles. The van der Waals surface area contributed by atoms with Crippen molar-refractivity contribution in [1.82, 2.24) is 10.9 Å². The van der Waals surface area contributed by atoms with Gasteiger partial charge < -0.3 is 4.74 Å². The summed E-state index contributed by atoms with van der Waals surface area (Å²) < 4.78 is 5.23. The van der Waals surface area contributed by atoms with Crippen LogP contribution in [0, 0.1) is 5.41 Å². The van der Waals surface area contributed by atoms with Crippen LogP contribution in [0.2, 0.25) is 0 Å². The quantitative estimate of drug-likeness (QED) is 0.681. The lowest BCUT2D eigenvalue weighted by molar-refractivity contribution is -0.130. The number of hydrogen-bond donors (Lipinski definition) is 2. The predicted octanol–water partition coefficient (Wildman–Crippen LogP) is 0.483. The standard InChI is InChI=1S/C10H20N2O2/c1-10(2,3)9(13)8-5-7(14-4)6-11-12-8/h7-8,11-12H,5-6H2,1-4H3. The van der Waals surface area contributed by atoms with E-state index >= 15 is 0 Å². The maximum absolute atomic E-state index is 11.9. The van der Waals surface area contributed by atoms with Crippen LogP contribution in [0.25, 0.3) is 0 Å². The molecule has 2 atom stereocenters. The number of ether oxygens (including phenoxy) is 1. The number of nitrogens with one attached hydrogen (secondary N) is 2. The average molecular weight is 200 g/mol. The fraction of sp³-hybridized carbons (Fsp3) is 0.900. The molecule has 1 aliphatic heterocycles. The highest BCUT2D eigenvalue weighted by Crippen LogP contribution is 2.20. The number of hydrogen-bond acceptors (Lipinski definition) is 4. The van der Waals surface area contributed by atoms with Crippen LogP contribution >= 0.6 is 0 Å². The zero-order valence-corrected chi connectivity index (χ0v) is 9.39. The minimum atomic E-state index is -0.297. The van der Waals surface area contributed by atoms with Gasteiger partial charge in [0, 0.05) is 19.1 Å². The molecule has 1 fully saturated rings. The molecule has 4 nitrogen and oxygen atoms in total. The highest BCUT2D eigenvalue weighted by atomic mass is 16.5. The highest BCUT2D eigenvalue weighted by Gasteiger charge is 2.33. The molecule has 1 saturated heterocycles. The van der Waals surface area contributed by atoms with Gasteiger partial charge in [0.05, 0.1) is 12.1 Å². The molecule has 4 heteroatoms. The second-order valence-electron chi connectivity index (χ2n) is 4.79. The minimum absolute atomic E-state index is 0.131. The molecule has 0 aromatic carbocycles. The Kier molecular flexibility index (Phi) is 3.64. The van der Waals surface area contributed by atoms with E-state index in [-0.39, 0.29) is 23.3 Å². The Labute approximate surface area is 85.4 Å². The summed E-state index contributed by atoms with van der Waals surface area (Å²) in [6.45, 7) is 6.57. The van der Waals surface area contributed by atoms with Crippen LogP contribution in [0.4, 0.5) is 0 Å². The molecule has 2 N–H and O–H groups in total. The first kappa shape index (κ1) is 11.6. The molecule has 1 heterocycles. The Bertz CT molecular complexity index is 211. The topological polar surface area (TPSA) is 50.4 Å². The summed E-state index contributed by atoms with van der Waals surface area (Å²) in [4.78, 5) is 11.9. The Morgan fingerprint density at radius 1 is 1.43 bits per heavy atom. The molecule has 0 aromatic heterocycles. The first-order valence-corrected chi connectivity index (χ1v) is 5.00. The van der Waals surface area contributed by atoms with E-state index in [2.05, 4.69) is 10.9 Å². The second kappa shape index (κ2) is 4.38. The number of ketones is 1. The Morgan fingerprint density at radius 3 is 2.57 bits per heavy atom. The normalized spacial score (nSPS) is 28.9. The number of carbonyl (C=O) groups is 1. The molecule has 0 amide bonds. The fourth-order valence-electron chi connectivity index (χ4n) is 1.58. The molecule has 0 radical (unpaired) electrons. The van der Waals surface area contributed by atoms with Gasteiger partial charge in [-0.25, -0.2) is 5.43 Å². The highest BCUT2D eigenvalue weighted by molar-refractivity contribution is 5.88. The van der Waals surface area contributed by atoms with Crippen LogP contribution in [0.1, 0.15) is 27.2 Å². The number of Topliss-reactive ketones (excluding diaryl/α,β-unsaturated/α-hetero) is 1. The van der Waals surface area contributed by atoms with Crippen LogP contribution in [0.5, 0.6) is 0 Å². The van der Waals surface area contributed by atoms with Crippen molar-refractivity contribution in [3.05, 3.63) is 0 Å². The first-order valence-electron chi connectivity index (χ1n) is 5.00. The van der Waals surface area contributed by atoms with Crippen LogP contribution in [-0.4, -0.2) is 31.6 Å². The number of rotatable bonds is 2. The summed E-state index contributed by atoms with van der Waals surface area (Å²) in [5, 5.41) is 0. The SMILES string of the molecule is COC1CNNC(C(=O)C(C)(C)C)C1. The molecule has 1 rings (SSSR count). The molecule has 0 spiro atoms. The van der Waals surface area contributed by atoms with E-state index in [4.69, 9.17) is 4.74 Å². The smallest absolute Gasteiger partial charge is 0.156 e. The fourth-order valence-corrected chi connectivity index (χ4v) is 1.58. The summed E-state index contributed by atoms with van der Waals surface area (Å²) in [5.41, 5.74) is 5.71. The van der Waals surface area contributed by atoms with Crippen LogP contribution in [0.15, 0.2) is 0 Å². The van der Waals surface area contributed by atoms with E-state index in [1.807, 2.05) is 20.8 Å². The molecule has 14 heavy (non-hydrogen) atoms. The van der Waals surface area contributed by atoms with Gasteiger partial charge in [-0.2, -0.15) is 0 Å². The summed E-state index contributed by atoms with van der Waals surface area (Å²) in [7, 11) is 1.68. The maximum Gasteiger partial charge on any atom is 0.156 e. The zero-order chi connectivity index (χ0) is 10.8. The first-order chi connectivity index (χ1) is 6.45. The van der Waals surface area contributed by atoms with Gasteiger partial charge in [0.25, 0.3) is 0 Å². The van der Waals surface area contributed by atoms with Gasteiger partial charge in [-0.1, -0.05) is 20.8 Å². The lowest BCUT2D eigenvalue weighted by atomic mass is 9.84. The van der Waals surface area contributed by atoms with Gasteiger partial charge in [-0.3, -0.25) is 10.2 Å². The van der Waals surface area contributed by atoms with E-state index in [1.165, 1.54) is 0 Å². The van der Waals surface area contributed by atoms with Crippen molar-refractivity contribution < 1.29 is 9.53 Å². The third-order valence-electron chi connectivity index (χ3n) is 2.49. The minimum Gasteiger partial charge on any atom is -0.380 e. The summed E-state index contributed by atoms with van der Waals surface area (Å²) in [6, 6.07) is -0.131. The van der Waals surface area contributed by atoms with E-state index in [9.17, 15) is 4.79 Å². The van der Waals surface area contributed by atoms with Gasteiger partial charge in [-0.05, 0) is 6.42 Å². The third kappa shape index (κ3) is 2.77. The molecule has 0 aromatic rings. The van der Waals surface area contributed by atoms with Crippen molar-refractivity contribution in [3.8, 4) is 0 Å². The molecule has 1 aliphatic rings. The lowest BCUT2D eigenvalue weighted by Crippen LogP contribution is -2.57. The largest absolute Gasteiger partial charge is 0.380 e. The van der Waals surface area contributed by atoms with Gasteiger partial charge in [-0.15, -0.1) is 0 Å². The van der Waals surface area contributed by atoms with Gasteiger partial charge in [0.15, 0.2) is 5.78 Å². The average Bonchev–Trinajstić information content (AvgIpc) is 2.15. The van der Waals surface area contributed by atoms with Crippen molar-refractivity contribution in [2.45, 2.75) is 39.3 Å². The third-order valence-corrected chi connectivity index (χ3v) is 2.49. The molecular weight excluding hydrogens is 180 g/mol. The number of methoxy groups -OCH3 is 1. The monoisotopic (exact) mass is 200 g/mol. The Hall–Kier alpha value is -0.450. The summed E-state index contributed by atoms with van der Waals surface area (Å²) in [5.74, 6) is 0.228. The van der Waals surface area contributed by atoms with E-state index in [0.717, 1.165) is 13.0 Å². The van der Waals surface area contributed by atoms with Gasteiger partial charge >= 0.3 is 0 Å². The zero-order valence-electron chi connectivity index (χ0n) is 9.39. The van der Waals surface area contributed by atoms with E-state index < -0.39 is 0 Å². The van der Waals surface area contributed by atoms with Crippen molar-refractivity contribution >= 4 is 5.78 Å². The molecule has 0 bridgehead atoms. The summed E-state index contributed by atoms with van der Waals surface area (Å²) >= 11 is 0. The maximum atomic E-state index is 11.9. The van der Waals surface area contributed by atoms with Crippen LogP contribution in [-0.2, 0) is 9.53 Å². The second-order valence-corrected chi connectivity index (χ2v) is 4.79. The number of carbonyl (C=O) groups excluding carboxylic acids is 1. The molecule has 2 unspecified atom stereocenters. The lowest BCUT2D eigenvalue weighted by Gasteiger charge is -2.32. The number of hydrazine groups is 1. The molecular formula is C10H20N2O2. The van der Waals surface area contributed by atoms with Crippen molar-refractivity contribution in [2.75, 3.05) is 13.7 Å². The Balaban J connectivity index is 2.56. The van der Waals surface area contributed by atoms with E-state index in [0.29, 0.717) is 0 Å². The van der Waals surface area contributed by atoms with Gasteiger partial charge in [0.2, 0.25) is 0 Å². The van der Waals surface area contributed by atoms with Crippen molar-refractivity contribution in [3.63, 3.8) is 0 Å². The van der Waals surface area contributed by atoms with Crippen LogP contribution < -0.4 is 10.9 Å². The summed E-state index contributed by atoms with van der Waals surface area (Å²) in [6.07, 6.45) is 0.882. The predicted molar refractivity (Wildman–Crippen MR) is 54.8 cm³/mol. The van der Waals surface area contributed by atoms with Gasteiger partial charge in [0.1, 0.15) is 0 Å². The van der Waals surface area contributed by atoms with E-state index in [1.54, 1.807) is 7.11 Å². The Morgan fingerprint density at radius 2 is 2.07 bits per heavy atom. The van der Waals surface area contributed by atoms with Crippen LogP contribution in [0.3, 0.4) is 0 Å². The van der Waals surface area contributed by atoms with Crippen molar-refractivity contribution in [2.24, 2.45) is 5.41 Å².